The first-order valence-electron chi connectivity index (χ1n) is 21.6. The van der Waals surface area contributed by atoms with E-state index in [4.69, 9.17) is 14.5 Å². The van der Waals surface area contributed by atoms with Gasteiger partial charge in [-0.1, -0.05) is 25.0 Å². The largest absolute Gasteiger partial charge is 0.379 e. The Morgan fingerprint density at radius 1 is 0.781 bits per heavy atom. The molecule has 3 amide bonds. The third-order valence-corrected chi connectivity index (χ3v) is 11.2. The lowest BCUT2D eigenvalue weighted by Crippen LogP contribution is -2.49. The molecule has 1 aliphatic heterocycles. The molecule has 1 saturated carbocycles. The van der Waals surface area contributed by atoms with Gasteiger partial charge in [-0.25, -0.2) is 19.9 Å². The van der Waals surface area contributed by atoms with Crippen LogP contribution in [0.1, 0.15) is 76.9 Å². The van der Waals surface area contributed by atoms with Crippen molar-refractivity contribution >= 4 is 63.6 Å². The fraction of sp³-hybridized carbons (Fsp3) is 0.422. The summed E-state index contributed by atoms with van der Waals surface area (Å²) >= 11 is 0. The molecule has 2 aliphatic rings. The second-order valence-electron chi connectivity index (χ2n) is 15.8. The average molecular weight is 875 g/mol. The van der Waals surface area contributed by atoms with Crippen LogP contribution in [0.25, 0.3) is 11.0 Å². The van der Waals surface area contributed by atoms with E-state index in [9.17, 15) is 24.0 Å². The molecule has 2 fully saturated rings. The number of nitrogens with zero attached hydrogens (tertiary/aromatic N) is 8. The first-order valence-corrected chi connectivity index (χ1v) is 21.6. The smallest absolute Gasteiger partial charge is 0.263 e. The van der Waals surface area contributed by atoms with E-state index in [2.05, 4.69) is 51.0 Å². The van der Waals surface area contributed by atoms with E-state index in [1.807, 2.05) is 19.1 Å². The lowest BCUT2D eigenvalue weighted by atomic mass is 10.0. The second kappa shape index (κ2) is 21.6. The Kier molecular flexibility index (Phi) is 15.3. The van der Waals surface area contributed by atoms with Crippen LogP contribution in [0.15, 0.2) is 66.0 Å². The van der Waals surface area contributed by atoms with E-state index < -0.39 is 5.91 Å². The van der Waals surface area contributed by atoms with Crippen LogP contribution < -0.4 is 31.7 Å². The Morgan fingerprint density at radius 2 is 1.50 bits per heavy atom. The fourth-order valence-corrected chi connectivity index (χ4v) is 7.87. The molecule has 64 heavy (non-hydrogen) atoms. The summed E-state index contributed by atoms with van der Waals surface area (Å²) in [7, 11) is 0. The summed E-state index contributed by atoms with van der Waals surface area (Å²) in [5.74, 6) is -0.0425. The number of carbonyl (C=O) groups excluding carboxylic acids is 4. The van der Waals surface area contributed by atoms with Crippen molar-refractivity contribution in [2.24, 2.45) is 0 Å². The predicted octanol–water partition coefficient (Wildman–Crippen LogP) is 4.21. The molecule has 0 bridgehead atoms. The van der Waals surface area contributed by atoms with Crippen molar-refractivity contribution in [3.63, 3.8) is 0 Å². The van der Waals surface area contributed by atoms with Crippen molar-refractivity contribution in [2.45, 2.75) is 58.9 Å². The molecule has 0 spiro atoms. The van der Waals surface area contributed by atoms with Crippen LogP contribution in [-0.2, 0) is 19.1 Å². The number of nitrogens with one attached hydrogen (secondary N) is 4. The van der Waals surface area contributed by atoms with Crippen LogP contribution in [0.5, 0.6) is 0 Å². The van der Waals surface area contributed by atoms with E-state index in [1.165, 1.54) is 6.92 Å². The summed E-state index contributed by atoms with van der Waals surface area (Å²) in [4.78, 5) is 90.4. The van der Waals surface area contributed by atoms with Gasteiger partial charge in [-0.3, -0.25) is 38.8 Å². The molecule has 19 nitrogen and oxygen atoms in total. The zero-order valence-corrected chi connectivity index (χ0v) is 36.4. The molecule has 4 aromatic heterocycles. The number of hydrogen-bond acceptors (Lipinski definition) is 15. The van der Waals surface area contributed by atoms with Crippen LogP contribution in [0.4, 0.5) is 29.1 Å². The Labute approximate surface area is 370 Å². The number of ether oxygens (including phenoxy) is 2. The lowest BCUT2D eigenvalue weighted by molar-refractivity contribution is -0.122. The summed E-state index contributed by atoms with van der Waals surface area (Å²) < 4.78 is 12.8. The van der Waals surface area contributed by atoms with Gasteiger partial charge in [-0.2, -0.15) is 4.98 Å². The van der Waals surface area contributed by atoms with Gasteiger partial charge < -0.3 is 30.3 Å². The van der Waals surface area contributed by atoms with Gasteiger partial charge in [-0.15, -0.1) is 0 Å². The van der Waals surface area contributed by atoms with Gasteiger partial charge in [-0.05, 0) is 69.0 Å². The second-order valence-corrected chi connectivity index (χ2v) is 15.8. The Bertz CT molecular complexity index is 2500. The molecule has 1 aromatic carbocycles. The number of carbonyl (C=O) groups is 4. The van der Waals surface area contributed by atoms with Crippen molar-refractivity contribution in [2.75, 3.05) is 86.5 Å². The quantitative estimate of drug-likeness (QED) is 0.0673. The number of anilines is 5. The van der Waals surface area contributed by atoms with Crippen molar-refractivity contribution < 1.29 is 28.7 Å². The fourth-order valence-electron chi connectivity index (χ4n) is 7.87. The van der Waals surface area contributed by atoms with E-state index in [1.54, 1.807) is 60.5 Å². The van der Waals surface area contributed by atoms with E-state index in [0.717, 1.165) is 50.0 Å². The van der Waals surface area contributed by atoms with Gasteiger partial charge >= 0.3 is 0 Å². The highest BCUT2D eigenvalue weighted by Crippen LogP contribution is 2.32. The number of rotatable bonds is 19. The molecule has 0 radical (unpaired) electrons. The minimum atomic E-state index is -0.442. The maximum absolute atomic E-state index is 13.6. The van der Waals surface area contributed by atoms with Crippen molar-refractivity contribution in [1.29, 1.82) is 0 Å². The number of benzene rings is 1. The van der Waals surface area contributed by atoms with Crippen LogP contribution in [0, 0.1) is 13.8 Å². The number of fused-ring (bicyclic) bond motifs is 1. The highest BCUT2D eigenvalue weighted by atomic mass is 16.5. The van der Waals surface area contributed by atoms with Crippen LogP contribution >= 0.6 is 0 Å². The Hall–Kier alpha value is -6.70. The van der Waals surface area contributed by atoms with Crippen molar-refractivity contribution in [3.05, 3.63) is 93.8 Å². The molecule has 0 atom stereocenters. The standard InChI is InChI=1S/C45H54N12O7/c1-29-24-48-44(49-25-29)54-42(61)34-10-6-7-11-36(34)51-38(59)14-20-63-22-23-64-21-15-46-39(60)28-55-16-18-56(19-17-55)33-12-13-37(47-26-33)52-45-50-27-35-30(2)40(31(3)58)43(62)57(41(35)53-45)32-8-4-5-9-32/h6-7,10-13,24-27,32H,4-5,8-9,14-23,28H2,1-3H3,(H,46,60)(H,51,59)(H,47,50,52,53)(H,48,49,54,61). The first-order chi connectivity index (χ1) is 31.0. The first kappa shape index (κ1) is 45.3. The molecule has 7 rings (SSSR count). The molecule has 1 saturated heterocycles. The van der Waals surface area contributed by atoms with Gasteiger partial charge in [0.2, 0.25) is 23.7 Å². The summed E-state index contributed by atoms with van der Waals surface area (Å²) in [6.07, 6.45) is 10.5. The van der Waals surface area contributed by atoms with E-state index in [0.29, 0.717) is 66.9 Å². The molecule has 19 heteroatoms. The average Bonchev–Trinajstić information content (AvgIpc) is 3.82. The molecular formula is C45H54N12O7. The van der Waals surface area contributed by atoms with Gasteiger partial charge in [0, 0.05) is 62.7 Å². The maximum Gasteiger partial charge on any atom is 0.263 e. The number of amides is 3. The van der Waals surface area contributed by atoms with Gasteiger partial charge in [0.1, 0.15) is 11.5 Å². The molecule has 1 aliphatic carbocycles. The molecule has 4 N–H and O–H groups in total. The minimum Gasteiger partial charge on any atom is -0.379 e. The SMILES string of the molecule is CC(=O)c1c(C)c2cnc(Nc3ccc(N4CCN(CC(=O)NCCOCCOCCC(=O)Nc5ccccc5C(=O)Nc5ncc(C)cn5)CC4)cn3)nc2n(C2CCCC2)c1=O. The summed E-state index contributed by atoms with van der Waals surface area (Å²) in [6, 6.07) is 10.5. The Morgan fingerprint density at radius 3 is 2.22 bits per heavy atom. The third kappa shape index (κ3) is 11.7. The number of aromatic nitrogens is 6. The van der Waals surface area contributed by atoms with Crippen LogP contribution in [0.3, 0.4) is 0 Å². The number of hydrogen-bond donors (Lipinski definition) is 4. The topological polar surface area (TPSA) is 228 Å². The maximum atomic E-state index is 13.6. The highest BCUT2D eigenvalue weighted by Gasteiger charge is 2.26. The molecule has 5 heterocycles. The molecule has 0 unspecified atom stereocenters. The van der Waals surface area contributed by atoms with E-state index in [-0.39, 0.29) is 72.5 Å². The zero-order chi connectivity index (χ0) is 45.0. The minimum absolute atomic E-state index is 0.00776. The molecular weight excluding hydrogens is 821 g/mol. The van der Waals surface area contributed by atoms with Gasteiger partial charge in [0.15, 0.2) is 5.78 Å². The predicted molar refractivity (Wildman–Crippen MR) is 241 cm³/mol. The number of Topliss-reactive ketones (excluding diaryl/α,β-unsaturated/α-hetero) is 1. The number of piperazine rings is 1. The third-order valence-electron chi connectivity index (χ3n) is 11.2. The Balaban J connectivity index is 0.763. The van der Waals surface area contributed by atoms with Gasteiger partial charge in [0.05, 0.1) is 68.1 Å². The van der Waals surface area contributed by atoms with Crippen LogP contribution in [-0.4, -0.2) is 124 Å². The summed E-state index contributed by atoms with van der Waals surface area (Å²) in [6.45, 7) is 9.66. The lowest BCUT2D eigenvalue weighted by Gasteiger charge is -2.35. The number of aryl methyl sites for hydroxylation is 2. The normalized spacial score (nSPS) is 14.4. The number of pyridine rings is 2. The monoisotopic (exact) mass is 874 g/mol. The van der Waals surface area contributed by atoms with Gasteiger partial charge in [0.25, 0.3) is 11.5 Å². The zero-order valence-electron chi connectivity index (χ0n) is 36.4. The number of ketones is 1. The van der Waals surface area contributed by atoms with Crippen molar-refractivity contribution in [3.8, 4) is 0 Å². The summed E-state index contributed by atoms with van der Waals surface area (Å²) in [5.41, 5.74) is 3.50. The molecule has 5 aromatic rings. The highest BCUT2D eigenvalue weighted by molar-refractivity contribution is 6.09. The van der Waals surface area contributed by atoms with Crippen LogP contribution in [0.2, 0.25) is 0 Å². The van der Waals surface area contributed by atoms with Crippen molar-refractivity contribution in [1.82, 2.24) is 39.7 Å². The van der Waals surface area contributed by atoms with E-state index >= 15 is 0 Å². The number of para-hydroxylation sites is 1. The molecule has 336 valence electrons. The summed E-state index contributed by atoms with van der Waals surface area (Å²) in [5, 5.41) is 12.2.